The zero-order valence-electron chi connectivity index (χ0n) is 18.9. The molecule has 3 atom stereocenters. The lowest BCUT2D eigenvalue weighted by atomic mass is 10.0. The molecule has 3 rings (SSSR count). The summed E-state index contributed by atoms with van der Waals surface area (Å²) in [5, 5.41) is 30.0. The van der Waals surface area contributed by atoms with Gasteiger partial charge in [0.1, 0.15) is 0 Å². The lowest BCUT2D eigenvalue weighted by molar-refractivity contribution is -0.245. The number of benzene rings is 2. The number of carboxylic acid groups (broad SMARTS) is 1. The number of aliphatic carboxylic acids is 1. The molecule has 2 aromatic carbocycles. The molecule has 184 valence electrons. The van der Waals surface area contributed by atoms with Crippen molar-refractivity contribution in [3.05, 3.63) is 65.2 Å². The van der Waals surface area contributed by atoms with Crippen LogP contribution in [0.5, 0.6) is 0 Å². The maximum Gasteiger partial charge on any atom is 0.303 e. The maximum atomic E-state index is 12.2. The Bertz CT molecular complexity index is 937. The molecule has 0 spiro atoms. The Hall–Kier alpha value is -2.43. The molecular formula is C25H31NO7S. The lowest BCUT2D eigenvalue weighted by Crippen LogP contribution is -2.31. The summed E-state index contributed by atoms with van der Waals surface area (Å²) in [6.45, 7) is 0.0877. The Kier molecular flexibility index (Phi) is 10.4. The molecule has 1 aliphatic rings. The fourth-order valence-corrected chi connectivity index (χ4v) is 4.46. The number of nitrogens with one attached hydrogen (secondary N) is 1. The molecule has 0 saturated carbocycles. The second-order valence-corrected chi connectivity index (χ2v) is 9.22. The zero-order chi connectivity index (χ0) is 24.3. The second-order valence-electron chi connectivity index (χ2n) is 8.07. The lowest BCUT2D eigenvalue weighted by Gasteiger charge is -2.36. The van der Waals surface area contributed by atoms with Gasteiger partial charge in [-0.3, -0.25) is 9.59 Å². The molecule has 4 N–H and O–H groups in total. The number of hydrogen-bond donors (Lipinski definition) is 4. The summed E-state index contributed by atoms with van der Waals surface area (Å²) in [4.78, 5) is 22.8. The Labute approximate surface area is 203 Å². The number of anilines is 1. The summed E-state index contributed by atoms with van der Waals surface area (Å²) >= 11 is 1.62. The Balaban J connectivity index is 1.71. The minimum atomic E-state index is -0.923. The molecular weight excluding hydrogens is 458 g/mol. The van der Waals surface area contributed by atoms with Crippen molar-refractivity contribution in [3.8, 4) is 0 Å². The highest BCUT2D eigenvalue weighted by molar-refractivity contribution is 7.99. The van der Waals surface area contributed by atoms with Crippen LogP contribution in [0.4, 0.5) is 5.69 Å². The number of rotatable bonds is 12. The van der Waals surface area contributed by atoms with Crippen molar-refractivity contribution in [2.24, 2.45) is 0 Å². The summed E-state index contributed by atoms with van der Waals surface area (Å²) in [7, 11) is 0. The first-order chi connectivity index (χ1) is 16.5. The fourth-order valence-electron chi connectivity index (χ4n) is 3.69. The number of ether oxygens (including phenoxy) is 2. The van der Waals surface area contributed by atoms with E-state index in [-0.39, 0.29) is 50.6 Å². The molecule has 8 nitrogen and oxygen atoms in total. The van der Waals surface area contributed by atoms with E-state index in [1.54, 1.807) is 23.9 Å². The first-order valence-electron chi connectivity index (χ1n) is 11.3. The fraction of sp³-hybridized carbons (Fsp3) is 0.440. The van der Waals surface area contributed by atoms with E-state index in [9.17, 15) is 14.7 Å². The average Bonchev–Trinajstić information content (AvgIpc) is 2.84. The topological polar surface area (TPSA) is 125 Å². The van der Waals surface area contributed by atoms with Crippen LogP contribution in [0.3, 0.4) is 0 Å². The number of carbonyl (C=O) groups excluding carboxylic acids is 1. The second kappa shape index (κ2) is 13.5. The molecule has 1 amide bonds. The summed E-state index contributed by atoms with van der Waals surface area (Å²) in [6.07, 6.45) is 0.0799. The van der Waals surface area contributed by atoms with Gasteiger partial charge < -0.3 is 30.1 Å². The van der Waals surface area contributed by atoms with Gasteiger partial charge in [-0.25, -0.2) is 0 Å². The average molecular weight is 490 g/mol. The summed E-state index contributed by atoms with van der Waals surface area (Å²) < 4.78 is 12.5. The van der Waals surface area contributed by atoms with Crippen LogP contribution < -0.4 is 5.32 Å². The summed E-state index contributed by atoms with van der Waals surface area (Å²) in [5.74, 6) is 0.175. The number of aliphatic hydroxyl groups excluding tert-OH is 2. The van der Waals surface area contributed by atoms with E-state index < -0.39 is 12.3 Å². The van der Waals surface area contributed by atoms with E-state index >= 15 is 0 Å². The number of carboxylic acids is 1. The van der Waals surface area contributed by atoms with Gasteiger partial charge in [0.15, 0.2) is 6.29 Å². The van der Waals surface area contributed by atoms with E-state index in [0.29, 0.717) is 23.6 Å². The molecule has 0 aliphatic carbocycles. The third kappa shape index (κ3) is 8.11. The van der Waals surface area contributed by atoms with Gasteiger partial charge in [0, 0.05) is 42.0 Å². The van der Waals surface area contributed by atoms with Gasteiger partial charge in [0.05, 0.1) is 25.4 Å². The molecule has 1 saturated heterocycles. The molecule has 1 aliphatic heterocycles. The number of amides is 1. The van der Waals surface area contributed by atoms with E-state index in [4.69, 9.17) is 19.7 Å². The number of carbonyl (C=O) groups is 2. The molecule has 34 heavy (non-hydrogen) atoms. The van der Waals surface area contributed by atoms with Crippen LogP contribution in [-0.2, 0) is 25.7 Å². The van der Waals surface area contributed by atoms with Crippen molar-refractivity contribution in [1.82, 2.24) is 0 Å². The Morgan fingerprint density at radius 1 is 1.03 bits per heavy atom. The molecule has 0 unspecified atom stereocenters. The monoisotopic (exact) mass is 489 g/mol. The van der Waals surface area contributed by atoms with Gasteiger partial charge in [0.2, 0.25) is 5.91 Å². The molecule has 0 aromatic heterocycles. The first-order valence-corrected chi connectivity index (χ1v) is 12.4. The van der Waals surface area contributed by atoms with Crippen LogP contribution in [-0.4, -0.2) is 51.4 Å². The number of aliphatic hydroxyl groups is 2. The smallest absolute Gasteiger partial charge is 0.303 e. The SMILES string of the molecule is O=C(O)CCCC(=O)Nc1cccc([C@H]2O[C@@H](CSCCO)C[C@@H](c3ccc(CO)cc3)O2)c1. The molecule has 2 aromatic rings. The van der Waals surface area contributed by atoms with Crippen LogP contribution in [0.25, 0.3) is 0 Å². The van der Waals surface area contributed by atoms with Gasteiger partial charge in [0.25, 0.3) is 0 Å². The van der Waals surface area contributed by atoms with Crippen molar-refractivity contribution in [2.75, 3.05) is 23.4 Å². The van der Waals surface area contributed by atoms with E-state index in [2.05, 4.69) is 5.32 Å². The minimum absolute atomic E-state index is 0.0210. The normalized spacial score (nSPS) is 20.1. The van der Waals surface area contributed by atoms with E-state index in [1.165, 1.54) is 0 Å². The molecule has 1 fully saturated rings. The highest BCUT2D eigenvalue weighted by Crippen LogP contribution is 2.39. The predicted octanol–water partition coefficient (Wildman–Crippen LogP) is 3.64. The van der Waals surface area contributed by atoms with Gasteiger partial charge in [-0.2, -0.15) is 11.8 Å². The van der Waals surface area contributed by atoms with Crippen molar-refractivity contribution in [3.63, 3.8) is 0 Å². The predicted molar refractivity (Wildman–Crippen MR) is 129 cm³/mol. The Morgan fingerprint density at radius 2 is 1.82 bits per heavy atom. The van der Waals surface area contributed by atoms with Crippen LogP contribution in [0.15, 0.2) is 48.5 Å². The van der Waals surface area contributed by atoms with E-state index in [0.717, 1.165) is 16.7 Å². The van der Waals surface area contributed by atoms with Crippen LogP contribution >= 0.6 is 11.8 Å². The van der Waals surface area contributed by atoms with Gasteiger partial charge in [-0.1, -0.05) is 36.4 Å². The van der Waals surface area contributed by atoms with Crippen molar-refractivity contribution >= 4 is 29.3 Å². The third-order valence-electron chi connectivity index (χ3n) is 5.39. The van der Waals surface area contributed by atoms with Crippen molar-refractivity contribution < 1.29 is 34.4 Å². The van der Waals surface area contributed by atoms with Crippen LogP contribution in [0.2, 0.25) is 0 Å². The van der Waals surface area contributed by atoms with Gasteiger partial charge >= 0.3 is 5.97 Å². The van der Waals surface area contributed by atoms with Crippen molar-refractivity contribution in [2.45, 2.75) is 50.8 Å². The highest BCUT2D eigenvalue weighted by Gasteiger charge is 2.32. The number of hydrogen-bond acceptors (Lipinski definition) is 7. The van der Waals surface area contributed by atoms with Crippen LogP contribution in [0.1, 0.15) is 54.8 Å². The molecule has 1 heterocycles. The molecule has 9 heteroatoms. The number of thioether (sulfide) groups is 1. The van der Waals surface area contributed by atoms with Gasteiger partial charge in [-0.15, -0.1) is 0 Å². The molecule has 0 bridgehead atoms. The quantitative estimate of drug-likeness (QED) is 0.333. The Morgan fingerprint density at radius 3 is 2.53 bits per heavy atom. The molecule has 0 radical (unpaired) electrons. The summed E-state index contributed by atoms with van der Waals surface area (Å²) in [5.41, 5.74) is 3.17. The van der Waals surface area contributed by atoms with E-state index in [1.807, 2.05) is 36.4 Å². The summed E-state index contributed by atoms with van der Waals surface area (Å²) in [6, 6.07) is 14.9. The van der Waals surface area contributed by atoms with Crippen molar-refractivity contribution in [1.29, 1.82) is 0 Å². The zero-order valence-corrected chi connectivity index (χ0v) is 19.7. The third-order valence-corrected chi connectivity index (χ3v) is 6.47. The highest BCUT2D eigenvalue weighted by atomic mass is 32.2. The minimum Gasteiger partial charge on any atom is -0.481 e. The largest absolute Gasteiger partial charge is 0.481 e. The van der Waals surface area contributed by atoms with Gasteiger partial charge in [-0.05, 0) is 29.7 Å². The maximum absolute atomic E-state index is 12.2. The standard InChI is InChI=1S/C25H31NO7S/c27-11-12-34-16-21-14-22(18-9-7-17(15-28)8-10-18)33-25(32-21)19-3-1-4-20(13-19)26-23(29)5-2-6-24(30)31/h1,3-4,7-10,13,21-22,25,27-28H,2,5-6,11-12,14-16H2,(H,26,29)(H,30,31)/t21-,22+,25+/m1/s1. The first kappa shape index (κ1) is 26.2. The van der Waals surface area contributed by atoms with Crippen LogP contribution in [0, 0.1) is 0 Å².